The van der Waals surface area contributed by atoms with Crippen LogP contribution in [0.4, 0.5) is 5.82 Å². The van der Waals surface area contributed by atoms with Crippen molar-refractivity contribution in [3.05, 3.63) is 47.5 Å². The number of anilines is 1. The van der Waals surface area contributed by atoms with Crippen molar-refractivity contribution in [2.45, 2.75) is 0 Å². The highest BCUT2D eigenvalue weighted by Gasteiger charge is 2.23. The Balaban J connectivity index is 1.47. The number of carbonyl (C=O) groups excluding carboxylic acids is 1. The molecule has 0 radical (unpaired) electrons. The van der Waals surface area contributed by atoms with Crippen LogP contribution in [0, 0.1) is 0 Å². The van der Waals surface area contributed by atoms with E-state index in [0.717, 1.165) is 48.6 Å². The zero-order valence-corrected chi connectivity index (χ0v) is 16.9. The first kappa shape index (κ1) is 18.3. The number of pyridine rings is 2. The van der Waals surface area contributed by atoms with E-state index >= 15 is 0 Å². The molecule has 1 N–H and O–H groups in total. The number of aromatic nitrogens is 2. The Labute approximate surface area is 176 Å². The van der Waals surface area contributed by atoms with E-state index in [2.05, 4.69) is 20.2 Å². The molecule has 29 heavy (non-hydrogen) atoms. The molecular weight excluding hydrogens is 408 g/mol. The summed E-state index contributed by atoms with van der Waals surface area (Å²) in [6.45, 7) is 3.13. The summed E-state index contributed by atoms with van der Waals surface area (Å²) in [5.41, 5.74) is 2.48. The third kappa shape index (κ3) is 3.64. The fourth-order valence-corrected chi connectivity index (χ4v) is 4.36. The van der Waals surface area contributed by atoms with E-state index in [9.17, 15) is 4.79 Å². The number of nitrogens with zero attached hydrogens (tertiary/aromatic N) is 3. The molecular formula is C20H16N4O3S2. The van der Waals surface area contributed by atoms with Crippen molar-refractivity contribution in [3.63, 3.8) is 0 Å². The summed E-state index contributed by atoms with van der Waals surface area (Å²) in [6.07, 6.45) is 7.04. The van der Waals surface area contributed by atoms with Gasteiger partial charge in [0.2, 0.25) is 0 Å². The second kappa shape index (κ2) is 7.58. The zero-order valence-electron chi connectivity index (χ0n) is 15.3. The fourth-order valence-electron chi connectivity index (χ4n) is 3.33. The minimum Gasteiger partial charge on any atom is -0.456 e. The smallest absolute Gasteiger partial charge is 0.263 e. The van der Waals surface area contributed by atoms with Crippen molar-refractivity contribution in [3.8, 4) is 11.1 Å². The van der Waals surface area contributed by atoms with Gasteiger partial charge in [0.1, 0.15) is 21.5 Å². The van der Waals surface area contributed by atoms with Gasteiger partial charge < -0.3 is 19.4 Å². The molecule has 0 bridgehead atoms. The lowest BCUT2D eigenvalue weighted by Crippen LogP contribution is -2.36. The molecule has 2 aliphatic rings. The number of fused-ring (bicyclic) bond motifs is 1. The lowest BCUT2D eigenvalue weighted by molar-refractivity contribution is -0.115. The van der Waals surface area contributed by atoms with Gasteiger partial charge in [-0.1, -0.05) is 24.0 Å². The summed E-state index contributed by atoms with van der Waals surface area (Å²) in [7, 11) is 0. The van der Waals surface area contributed by atoms with E-state index < -0.39 is 0 Å². The first-order valence-corrected chi connectivity index (χ1v) is 10.3. The second-order valence-corrected chi connectivity index (χ2v) is 8.33. The number of rotatable bonds is 3. The standard InChI is InChI=1S/C20H16N4O3S2/c25-19-16(29-20(28)23-19)8-14-7-13-9-21-11-15(18(13)27-14)12-1-2-17(22-10-12)24-3-5-26-6-4-24/h1-2,7-11H,3-6H2,(H,23,25,28)/b16-8-. The zero-order chi connectivity index (χ0) is 19.8. The fraction of sp³-hybridized carbons (Fsp3) is 0.200. The SMILES string of the molecule is O=C1NC(=S)S/C1=C\c1cc2cncc(-c3ccc(N4CCOCC4)nc3)c2o1. The lowest BCUT2D eigenvalue weighted by Gasteiger charge is -2.27. The molecule has 2 saturated heterocycles. The number of carbonyl (C=O) groups is 1. The number of nitrogens with one attached hydrogen (secondary N) is 1. The van der Waals surface area contributed by atoms with Crippen molar-refractivity contribution < 1.29 is 13.9 Å². The normalized spacial score (nSPS) is 18.6. The third-order valence-corrected chi connectivity index (χ3v) is 5.91. The maximum Gasteiger partial charge on any atom is 0.263 e. The van der Waals surface area contributed by atoms with Crippen molar-refractivity contribution in [1.82, 2.24) is 15.3 Å². The summed E-state index contributed by atoms with van der Waals surface area (Å²) >= 11 is 6.26. The van der Waals surface area contributed by atoms with Crippen LogP contribution in [-0.4, -0.2) is 46.5 Å². The van der Waals surface area contributed by atoms with Crippen LogP contribution in [0.3, 0.4) is 0 Å². The van der Waals surface area contributed by atoms with Gasteiger partial charge >= 0.3 is 0 Å². The molecule has 0 aliphatic carbocycles. The summed E-state index contributed by atoms with van der Waals surface area (Å²) < 4.78 is 11.9. The average molecular weight is 425 g/mol. The van der Waals surface area contributed by atoms with Crippen molar-refractivity contribution in [2.75, 3.05) is 31.2 Å². The largest absolute Gasteiger partial charge is 0.456 e. The second-order valence-electron chi connectivity index (χ2n) is 6.61. The highest BCUT2D eigenvalue weighted by atomic mass is 32.2. The van der Waals surface area contributed by atoms with E-state index in [4.69, 9.17) is 21.4 Å². The van der Waals surface area contributed by atoms with Gasteiger partial charge in [-0.3, -0.25) is 9.78 Å². The van der Waals surface area contributed by atoms with E-state index in [0.29, 0.717) is 20.6 Å². The Morgan fingerprint density at radius 1 is 1.21 bits per heavy atom. The van der Waals surface area contributed by atoms with Crippen molar-refractivity contribution in [1.29, 1.82) is 0 Å². The first-order chi connectivity index (χ1) is 14.2. The minimum absolute atomic E-state index is 0.207. The van der Waals surface area contributed by atoms with Gasteiger partial charge in [0, 0.05) is 54.3 Å². The average Bonchev–Trinajstić information content (AvgIpc) is 3.30. The maximum atomic E-state index is 11.9. The van der Waals surface area contributed by atoms with E-state index in [1.165, 1.54) is 11.8 Å². The number of amides is 1. The van der Waals surface area contributed by atoms with E-state index in [1.54, 1.807) is 18.5 Å². The van der Waals surface area contributed by atoms with Crippen molar-refractivity contribution >= 4 is 57.1 Å². The summed E-state index contributed by atoms with van der Waals surface area (Å²) in [4.78, 5) is 23.6. The maximum absolute atomic E-state index is 11.9. The van der Waals surface area contributed by atoms with Crippen LogP contribution in [-0.2, 0) is 9.53 Å². The Bertz CT molecular complexity index is 1130. The highest BCUT2D eigenvalue weighted by Crippen LogP contribution is 2.33. The molecule has 7 nitrogen and oxygen atoms in total. The van der Waals surface area contributed by atoms with Crippen LogP contribution >= 0.6 is 24.0 Å². The van der Waals surface area contributed by atoms with Gasteiger partial charge in [-0.15, -0.1) is 0 Å². The molecule has 9 heteroatoms. The monoisotopic (exact) mass is 424 g/mol. The quantitative estimate of drug-likeness (QED) is 0.507. The van der Waals surface area contributed by atoms with Crippen LogP contribution in [0.15, 0.2) is 46.1 Å². The molecule has 146 valence electrons. The van der Waals surface area contributed by atoms with Gasteiger partial charge in [-0.05, 0) is 18.2 Å². The Hall–Kier alpha value is -2.75. The highest BCUT2D eigenvalue weighted by molar-refractivity contribution is 8.26. The topological polar surface area (TPSA) is 80.5 Å². The molecule has 0 spiro atoms. The van der Waals surface area contributed by atoms with Gasteiger partial charge in [0.05, 0.1) is 18.1 Å². The van der Waals surface area contributed by atoms with Gasteiger partial charge in [-0.25, -0.2) is 4.98 Å². The molecule has 1 amide bonds. The molecule has 0 atom stereocenters. The van der Waals surface area contributed by atoms with Crippen LogP contribution in [0.1, 0.15) is 5.76 Å². The predicted molar refractivity (Wildman–Crippen MR) is 117 cm³/mol. The summed E-state index contributed by atoms with van der Waals surface area (Å²) in [5.74, 6) is 1.30. The number of hydrogen-bond donors (Lipinski definition) is 1. The number of furan rings is 1. The van der Waals surface area contributed by atoms with Gasteiger partial charge in [-0.2, -0.15) is 0 Å². The molecule has 0 saturated carbocycles. The number of thioether (sulfide) groups is 1. The number of hydrogen-bond acceptors (Lipinski definition) is 8. The number of ether oxygens (including phenoxy) is 1. The van der Waals surface area contributed by atoms with E-state index in [1.807, 2.05) is 24.4 Å². The lowest BCUT2D eigenvalue weighted by atomic mass is 10.1. The van der Waals surface area contributed by atoms with Gasteiger partial charge in [0.25, 0.3) is 5.91 Å². The van der Waals surface area contributed by atoms with E-state index in [-0.39, 0.29) is 5.91 Å². The molecule has 0 unspecified atom stereocenters. The van der Waals surface area contributed by atoms with Crippen LogP contribution in [0.2, 0.25) is 0 Å². The van der Waals surface area contributed by atoms with Crippen LogP contribution in [0.25, 0.3) is 28.2 Å². The molecule has 5 rings (SSSR count). The molecule has 3 aromatic heterocycles. The molecule has 5 heterocycles. The van der Waals surface area contributed by atoms with Crippen LogP contribution in [0.5, 0.6) is 0 Å². The van der Waals surface area contributed by atoms with Crippen LogP contribution < -0.4 is 10.2 Å². The van der Waals surface area contributed by atoms with Crippen molar-refractivity contribution in [2.24, 2.45) is 0 Å². The van der Waals surface area contributed by atoms with Gasteiger partial charge in [0.15, 0.2) is 0 Å². The Morgan fingerprint density at radius 3 is 2.79 bits per heavy atom. The third-order valence-electron chi connectivity index (χ3n) is 4.75. The predicted octanol–water partition coefficient (Wildman–Crippen LogP) is 3.22. The summed E-state index contributed by atoms with van der Waals surface area (Å²) in [6, 6.07) is 5.89. The molecule has 2 aliphatic heterocycles. The minimum atomic E-state index is -0.207. The number of thiocarbonyl (C=S) groups is 1. The molecule has 3 aromatic rings. The Morgan fingerprint density at radius 2 is 2.07 bits per heavy atom. The summed E-state index contributed by atoms with van der Waals surface area (Å²) in [5, 5.41) is 3.46. The molecule has 0 aromatic carbocycles. The molecule has 2 fully saturated rings. The first-order valence-electron chi connectivity index (χ1n) is 9.09. The number of morpholine rings is 1. The Kier molecular flexibility index (Phi) is 4.78.